The molecule has 0 bridgehead atoms. The van der Waals surface area contributed by atoms with Crippen LogP contribution < -0.4 is 24.0 Å². The van der Waals surface area contributed by atoms with Gasteiger partial charge in [0.1, 0.15) is 18.0 Å². The van der Waals surface area contributed by atoms with Crippen LogP contribution in [-0.4, -0.2) is 67.4 Å². The maximum Gasteiger partial charge on any atom is 0.321 e. The molecule has 0 radical (unpaired) electrons. The first-order valence-corrected chi connectivity index (χ1v) is 8.45. The second-order valence-electron chi connectivity index (χ2n) is 6.03. The van der Waals surface area contributed by atoms with Crippen LogP contribution in [0.4, 0.5) is 11.6 Å². The first-order valence-electron chi connectivity index (χ1n) is 8.45. The first kappa shape index (κ1) is 18.0. The van der Waals surface area contributed by atoms with E-state index in [9.17, 15) is 0 Å². The average molecular weight is 360 g/mol. The zero-order valence-electron chi connectivity index (χ0n) is 15.5. The highest BCUT2D eigenvalue weighted by atomic mass is 16.5. The summed E-state index contributed by atoms with van der Waals surface area (Å²) in [6, 6.07) is 4.26. The number of hydrogen-bond acceptors (Lipinski definition) is 9. The molecule has 0 spiro atoms. The predicted molar refractivity (Wildman–Crippen MR) is 97.4 cm³/mol. The SMILES string of the molecule is COc1cc(N(C)C2CCCN(c3cc(OC)nc(OC)n3)C2)ncn1. The second-order valence-corrected chi connectivity index (χ2v) is 6.03. The molecule has 0 saturated carbocycles. The monoisotopic (exact) mass is 360 g/mol. The third-order valence-corrected chi connectivity index (χ3v) is 4.53. The molecule has 9 nitrogen and oxygen atoms in total. The van der Waals surface area contributed by atoms with E-state index in [2.05, 4.69) is 29.7 Å². The number of ether oxygens (including phenoxy) is 3. The lowest BCUT2D eigenvalue weighted by Crippen LogP contribution is -2.47. The second kappa shape index (κ2) is 8.03. The van der Waals surface area contributed by atoms with Crippen LogP contribution in [0.25, 0.3) is 0 Å². The van der Waals surface area contributed by atoms with Crippen molar-refractivity contribution in [3.63, 3.8) is 0 Å². The summed E-state index contributed by atoms with van der Waals surface area (Å²) >= 11 is 0. The number of hydrogen-bond donors (Lipinski definition) is 0. The Morgan fingerprint density at radius 1 is 1.04 bits per heavy atom. The van der Waals surface area contributed by atoms with E-state index in [1.165, 1.54) is 6.33 Å². The number of methoxy groups -OCH3 is 3. The largest absolute Gasteiger partial charge is 0.481 e. The number of anilines is 2. The molecule has 9 heteroatoms. The van der Waals surface area contributed by atoms with E-state index in [4.69, 9.17) is 14.2 Å². The zero-order chi connectivity index (χ0) is 18.5. The molecule has 1 aliphatic rings. The highest BCUT2D eigenvalue weighted by Crippen LogP contribution is 2.27. The van der Waals surface area contributed by atoms with E-state index < -0.39 is 0 Å². The molecule has 1 atom stereocenters. The third-order valence-electron chi connectivity index (χ3n) is 4.53. The van der Waals surface area contributed by atoms with Crippen LogP contribution in [0.15, 0.2) is 18.5 Å². The molecule has 0 aliphatic carbocycles. The van der Waals surface area contributed by atoms with Gasteiger partial charge in [0.15, 0.2) is 0 Å². The fourth-order valence-electron chi connectivity index (χ4n) is 3.05. The van der Waals surface area contributed by atoms with Crippen molar-refractivity contribution in [1.82, 2.24) is 19.9 Å². The molecule has 2 aromatic rings. The van der Waals surface area contributed by atoms with Crippen molar-refractivity contribution in [2.75, 3.05) is 51.3 Å². The summed E-state index contributed by atoms with van der Waals surface area (Å²) in [5.41, 5.74) is 0. The van der Waals surface area contributed by atoms with Crippen molar-refractivity contribution in [2.24, 2.45) is 0 Å². The number of aromatic nitrogens is 4. The first-order chi connectivity index (χ1) is 12.6. The molecule has 140 valence electrons. The van der Waals surface area contributed by atoms with E-state index >= 15 is 0 Å². The van der Waals surface area contributed by atoms with Gasteiger partial charge in [-0.1, -0.05) is 0 Å². The van der Waals surface area contributed by atoms with Crippen LogP contribution in [0, 0.1) is 0 Å². The summed E-state index contributed by atoms with van der Waals surface area (Å²) in [6.45, 7) is 1.73. The molecule has 26 heavy (non-hydrogen) atoms. The maximum atomic E-state index is 5.26. The molecule has 0 amide bonds. The van der Waals surface area contributed by atoms with Crippen molar-refractivity contribution in [3.05, 3.63) is 18.5 Å². The van der Waals surface area contributed by atoms with E-state index in [0.717, 1.165) is 37.6 Å². The van der Waals surface area contributed by atoms with E-state index in [1.54, 1.807) is 21.3 Å². The van der Waals surface area contributed by atoms with Gasteiger partial charge in [-0.15, -0.1) is 0 Å². The predicted octanol–water partition coefficient (Wildman–Crippen LogP) is 1.40. The van der Waals surface area contributed by atoms with Crippen LogP contribution in [-0.2, 0) is 0 Å². The highest BCUT2D eigenvalue weighted by molar-refractivity contribution is 5.46. The van der Waals surface area contributed by atoms with Crippen LogP contribution in [0.2, 0.25) is 0 Å². The maximum absolute atomic E-state index is 5.26. The van der Waals surface area contributed by atoms with Crippen LogP contribution in [0.5, 0.6) is 17.8 Å². The lowest BCUT2D eigenvalue weighted by Gasteiger charge is -2.38. The molecule has 1 unspecified atom stereocenters. The number of rotatable bonds is 6. The van der Waals surface area contributed by atoms with Gasteiger partial charge in [0, 0.05) is 38.3 Å². The Bertz CT molecular complexity index is 722. The Labute approximate surface area is 153 Å². The van der Waals surface area contributed by atoms with Crippen molar-refractivity contribution >= 4 is 11.6 Å². The van der Waals surface area contributed by atoms with Gasteiger partial charge in [0.25, 0.3) is 0 Å². The molecule has 3 rings (SSSR count). The van der Waals surface area contributed by atoms with E-state index in [-0.39, 0.29) is 6.04 Å². The van der Waals surface area contributed by atoms with E-state index in [1.807, 2.05) is 19.2 Å². The Hall–Kier alpha value is -2.84. The van der Waals surface area contributed by atoms with Gasteiger partial charge in [0.05, 0.1) is 21.3 Å². The normalized spacial score (nSPS) is 16.9. The van der Waals surface area contributed by atoms with Gasteiger partial charge >= 0.3 is 6.01 Å². The minimum atomic E-state index is 0.287. The Kier molecular flexibility index (Phi) is 5.55. The fourth-order valence-corrected chi connectivity index (χ4v) is 3.05. The number of likely N-dealkylation sites (N-methyl/N-ethyl adjacent to an activating group) is 1. The minimum absolute atomic E-state index is 0.287. The molecule has 1 fully saturated rings. The topological polar surface area (TPSA) is 85.7 Å². The van der Waals surface area contributed by atoms with Gasteiger partial charge in [0.2, 0.25) is 11.8 Å². The Morgan fingerprint density at radius 3 is 2.58 bits per heavy atom. The van der Waals surface area contributed by atoms with Gasteiger partial charge in [-0.2, -0.15) is 9.97 Å². The van der Waals surface area contributed by atoms with Crippen molar-refractivity contribution < 1.29 is 14.2 Å². The third kappa shape index (κ3) is 3.87. The number of nitrogens with zero attached hydrogens (tertiary/aromatic N) is 6. The lowest BCUT2D eigenvalue weighted by atomic mass is 10.0. The van der Waals surface area contributed by atoms with E-state index in [0.29, 0.717) is 17.8 Å². The molecule has 0 aromatic carbocycles. The zero-order valence-corrected chi connectivity index (χ0v) is 15.5. The summed E-state index contributed by atoms with van der Waals surface area (Å²) in [6.07, 6.45) is 3.63. The highest BCUT2D eigenvalue weighted by Gasteiger charge is 2.26. The Balaban J connectivity index is 1.78. The standard InChI is InChI=1S/C17H24N6O3/c1-22(13-8-15(24-2)19-11-18-13)12-6-5-7-23(10-12)14-9-16(25-3)21-17(20-14)26-4/h8-9,11-12H,5-7,10H2,1-4H3. The van der Waals surface area contributed by atoms with Crippen LogP contribution >= 0.6 is 0 Å². The van der Waals surface area contributed by atoms with Gasteiger partial charge < -0.3 is 24.0 Å². The van der Waals surface area contributed by atoms with Gasteiger partial charge in [-0.25, -0.2) is 9.97 Å². The lowest BCUT2D eigenvalue weighted by molar-refractivity contribution is 0.351. The van der Waals surface area contributed by atoms with Gasteiger partial charge in [-0.05, 0) is 12.8 Å². The molecule has 2 aromatic heterocycles. The van der Waals surface area contributed by atoms with Crippen LogP contribution in [0.3, 0.4) is 0 Å². The quantitative estimate of drug-likeness (QED) is 0.758. The molecule has 0 N–H and O–H groups in total. The molecule has 1 aliphatic heterocycles. The molecule has 1 saturated heterocycles. The average Bonchev–Trinajstić information content (AvgIpc) is 2.72. The summed E-state index contributed by atoms with van der Waals surface area (Å²) in [7, 11) is 6.77. The minimum Gasteiger partial charge on any atom is -0.481 e. The van der Waals surface area contributed by atoms with Gasteiger partial charge in [-0.3, -0.25) is 0 Å². The summed E-state index contributed by atoms with van der Waals surface area (Å²) in [5.74, 6) is 2.68. The number of piperidine rings is 1. The molecular formula is C17H24N6O3. The van der Waals surface area contributed by atoms with Crippen molar-refractivity contribution in [3.8, 4) is 17.8 Å². The summed E-state index contributed by atoms with van der Waals surface area (Å²) < 4.78 is 15.6. The Morgan fingerprint density at radius 2 is 1.85 bits per heavy atom. The summed E-state index contributed by atoms with van der Waals surface area (Å²) in [4.78, 5) is 21.4. The smallest absolute Gasteiger partial charge is 0.321 e. The molecular weight excluding hydrogens is 336 g/mol. The van der Waals surface area contributed by atoms with Crippen molar-refractivity contribution in [1.29, 1.82) is 0 Å². The van der Waals surface area contributed by atoms with Crippen molar-refractivity contribution in [2.45, 2.75) is 18.9 Å². The fraction of sp³-hybridized carbons (Fsp3) is 0.529. The van der Waals surface area contributed by atoms with Crippen LogP contribution in [0.1, 0.15) is 12.8 Å². The molecule has 3 heterocycles. The summed E-state index contributed by atoms with van der Waals surface area (Å²) in [5, 5.41) is 0.